The largest absolute Gasteiger partial charge is 0.505 e. The van der Waals surface area contributed by atoms with Crippen molar-refractivity contribution >= 4 is 11.6 Å². The van der Waals surface area contributed by atoms with Gasteiger partial charge in [-0.05, 0) is 18.2 Å². The maximum atomic E-state index is 13.7. The Morgan fingerprint density at radius 1 is 1.35 bits per heavy atom. The van der Waals surface area contributed by atoms with Gasteiger partial charge in [0.25, 0.3) is 11.5 Å². The lowest BCUT2D eigenvalue weighted by Gasteiger charge is -2.10. The van der Waals surface area contributed by atoms with E-state index >= 15 is 0 Å². The van der Waals surface area contributed by atoms with E-state index in [1.807, 2.05) is 5.32 Å². The summed E-state index contributed by atoms with van der Waals surface area (Å²) >= 11 is 0. The van der Waals surface area contributed by atoms with Gasteiger partial charge in [-0.2, -0.15) is 18.3 Å². The van der Waals surface area contributed by atoms with Crippen molar-refractivity contribution in [1.82, 2.24) is 9.78 Å². The molecule has 0 aliphatic heterocycles. The first kappa shape index (κ1) is 16.5. The molecular weight excluding hydrogens is 322 g/mol. The van der Waals surface area contributed by atoms with E-state index in [0.717, 1.165) is 10.9 Å². The summed E-state index contributed by atoms with van der Waals surface area (Å²) in [5.74, 6) is -3.25. The van der Waals surface area contributed by atoms with E-state index in [9.17, 15) is 32.3 Å². The number of amides is 1. The van der Waals surface area contributed by atoms with Gasteiger partial charge in [-0.25, -0.2) is 9.07 Å². The second-order valence-electron chi connectivity index (χ2n) is 4.48. The van der Waals surface area contributed by atoms with Crippen LogP contribution in [0.1, 0.15) is 15.9 Å². The van der Waals surface area contributed by atoms with E-state index in [4.69, 9.17) is 0 Å². The van der Waals surface area contributed by atoms with Crippen LogP contribution in [0.4, 0.5) is 23.2 Å². The number of nitrogens with zero attached hydrogens (tertiary/aromatic N) is 2. The molecule has 0 saturated heterocycles. The first-order valence-corrected chi connectivity index (χ1v) is 6.04. The molecule has 10 heteroatoms. The quantitative estimate of drug-likeness (QED) is 0.823. The van der Waals surface area contributed by atoms with Gasteiger partial charge >= 0.3 is 6.18 Å². The summed E-state index contributed by atoms with van der Waals surface area (Å²) in [7, 11) is 1.22. The number of benzene rings is 1. The van der Waals surface area contributed by atoms with Crippen LogP contribution in [0.25, 0.3) is 0 Å². The summed E-state index contributed by atoms with van der Waals surface area (Å²) in [5.41, 5.74) is -3.45. The summed E-state index contributed by atoms with van der Waals surface area (Å²) in [6.45, 7) is 0. The lowest BCUT2D eigenvalue weighted by Crippen LogP contribution is -2.29. The molecule has 0 aliphatic carbocycles. The Morgan fingerprint density at radius 2 is 2.00 bits per heavy atom. The average Bonchev–Trinajstić information content (AvgIpc) is 2.44. The Hall–Kier alpha value is -2.91. The van der Waals surface area contributed by atoms with E-state index in [1.165, 1.54) is 7.05 Å². The molecule has 0 unspecified atom stereocenters. The van der Waals surface area contributed by atoms with Crippen LogP contribution in [-0.4, -0.2) is 20.8 Å². The van der Waals surface area contributed by atoms with Gasteiger partial charge in [-0.1, -0.05) is 0 Å². The number of aromatic nitrogens is 2. The first-order chi connectivity index (χ1) is 10.6. The number of carbonyl (C=O) groups excluding carboxylic acids is 1. The van der Waals surface area contributed by atoms with Crippen molar-refractivity contribution in [2.75, 3.05) is 5.32 Å². The predicted molar refractivity (Wildman–Crippen MR) is 70.5 cm³/mol. The van der Waals surface area contributed by atoms with Gasteiger partial charge in [-0.3, -0.25) is 9.59 Å². The van der Waals surface area contributed by atoms with Crippen molar-refractivity contribution in [3.8, 4) is 5.75 Å². The van der Waals surface area contributed by atoms with Crippen LogP contribution in [-0.2, 0) is 13.2 Å². The topological polar surface area (TPSA) is 84.2 Å². The third-order valence-electron chi connectivity index (χ3n) is 2.89. The predicted octanol–water partition coefficient (Wildman–Crippen LogP) is 1.90. The average molecular weight is 331 g/mol. The minimum Gasteiger partial charge on any atom is -0.505 e. The smallest absolute Gasteiger partial charge is 0.416 e. The van der Waals surface area contributed by atoms with E-state index in [-0.39, 0.29) is 6.07 Å². The molecule has 0 radical (unpaired) electrons. The maximum absolute atomic E-state index is 13.7. The minimum absolute atomic E-state index is 0.208. The monoisotopic (exact) mass is 331 g/mol. The summed E-state index contributed by atoms with van der Waals surface area (Å²) in [4.78, 5) is 23.7. The lowest BCUT2D eigenvalue weighted by molar-refractivity contribution is -0.137. The van der Waals surface area contributed by atoms with Gasteiger partial charge in [0.05, 0.1) is 17.4 Å². The second kappa shape index (κ2) is 5.71. The molecule has 0 aliphatic rings. The van der Waals surface area contributed by atoms with Gasteiger partial charge in [0, 0.05) is 7.05 Å². The molecular formula is C13H9F4N3O3. The number of hydrogen-bond donors (Lipinski definition) is 2. The molecule has 2 N–H and O–H groups in total. The molecule has 2 rings (SSSR count). The molecule has 122 valence electrons. The molecule has 1 heterocycles. The zero-order chi connectivity index (χ0) is 17.4. The molecule has 0 bridgehead atoms. The normalized spacial score (nSPS) is 11.3. The molecule has 0 atom stereocenters. The number of hydrogen-bond acceptors (Lipinski definition) is 4. The highest BCUT2D eigenvalue weighted by Crippen LogP contribution is 2.31. The molecule has 23 heavy (non-hydrogen) atoms. The zero-order valence-electron chi connectivity index (χ0n) is 11.5. The Balaban J connectivity index is 2.35. The summed E-state index contributed by atoms with van der Waals surface area (Å²) in [5, 5.41) is 14.9. The molecule has 1 amide bonds. The van der Waals surface area contributed by atoms with E-state index in [1.54, 1.807) is 0 Å². The number of alkyl halides is 3. The molecule has 6 nitrogen and oxygen atoms in total. The van der Waals surface area contributed by atoms with Gasteiger partial charge in [0.1, 0.15) is 11.4 Å². The van der Waals surface area contributed by atoms with Crippen LogP contribution in [0.2, 0.25) is 0 Å². The first-order valence-electron chi connectivity index (χ1n) is 6.04. The highest BCUT2D eigenvalue weighted by molar-refractivity contribution is 6.05. The number of halogens is 4. The number of carbonyl (C=O) groups is 1. The number of aryl methyl sites for hydroxylation is 1. The van der Waals surface area contributed by atoms with E-state index in [0.29, 0.717) is 12.1 Å². The summed E-state index contributed by atoms with van der Waals surface area (Å²) < 4.78 is 51.7. The van der Waals surface area contributed by atoms with Crippen LogP contribution in [0.15, 0.2) is 29.2 Å². The van der Waals surface area contributed by atoms with Gasteiger partial charge in [-0.15, -0.1) is 0 Å². The molecule has 1 aromatic heterocycles. The molecule has 0 spiro atoms. The summed E-state index contributed by atoms with van der Waals surface area (Å²) in [6, 6.07) is 1.49. The maximum Gasteiger partial charge on any atom is 0.416 e. The van der Waals surface area contributed by atoms with Crippen LogP contribution in [0.3, 0.4) is 0 Å². The number of nitrogens with one attached hydrogen (secondary N) is 1. The van der Waals surface area contributed by atoms with Crippen LogP contribution < -0.4 is 10.9 Å². The number of aromatic hydroxyl groups is 1. The Kier molecular flexibility index (Phi) is 4.08. The fraction of sp³-hybridized carbons (Fsp3) is 0.154. The fourth-order valence-electron chi connectivity index (χ4n) is 1.72. The molecule has 2 aromatic rings. The molecule has 0 saturated carbocycles. The SMILES string of the molecule is Cn1ncc(O)c(C(=O)Nc2ccc(C(F)(F)F)cc2F)c1=O. The summed E-state index contributed by atoms with van der Waals surface area (Å²) in [6.07, 6.45) is -3.90. The van der Waals surface area contributed by atoms with Crippen molar-refractivity contribution in [2.45, 2.75) is 6.18 Å². The number of anilines is 1. The fourth-order valence-corrected chi connectivity index (χ4v) is 1.72. The van der Waals surface area contributed by atoms with Gasteiger partial charge < -0.3 is 10.4 Å². The van der Waals surface area contributed by atoms with E-state index < -0.39 is 46.0 Å². The standard InChI is InChI=1S/C13H9F4N3O3/c1-20-12(23)10(9(21)5-18-20)11(22)19-8-3-2-6(4-7(8)14)13(15,16)17/h2-5,21H,1H3,(H,19,22). The highest BCUT2D eigenvalue weighted by Gasteiger charge is 2.31. The third-order valence-corrected chi connectivity index (χ3v) is 2.89. The Labute approximate surface area is 126 Å². The van der Waals surface area contributed by atoms with E-state index in [2.05, 4.69) is 5.10 Å². The zero-order valence-corrected chi connectivity index (χ0v) is 11.5. The molecule has 0 fully saturated rings. The minimum atomic E-state index is -4.73. The Morgan fingerprint density at radius 3 is 2.57 bits per heavy atom. The van der Waals surface area contributed by atoms with Crippen LogP contribution >= 0.6 is 0 Å². The van der Waals surface area contributed by atoms with Crippen molar-refractivity contribution in [3.63, 3.8) is 0 Å². The van der Waals surface area contributed by atoms with Crippen LogP contribution in [0.5, 0.6) is 5.75 Å². The number of rotatable bonds is 2. The van der Waals surface area contributed by atoms with Gasteiger partial charge in [0.15, 0.2) is 5.75 Å². The van der Waals surface area contributed by atoms with Crippen LogP contribution in [0, 0.1) is 5.82 Å². The third kappa shape index (κ3) is 3.30. The van der Waals surface area contributed by atoms with Gasteiger partial charge in [0.2, 0.25) is 0 Å². The van der Waals surface area contributed by atoms with Crippen molar-refractivity contribution in [1.29, 1.82) is 0 Å². The molecule has 1 aromatic carbocycles. The van der Waals surface area contributed by atoms with Crippen molar-refractivity contribution in [2.24, 2.45) is 7.05 Å². The van der Waals surface area contributed by atoms with Crippen molar-refractivity contribution < 1.29 is 27.5 Å². The van der Waals surface area contributed by atoms with Crippen molar-refractivity contribution in [3.05, 3.63) is 51.7 Å². The lowest BCUT2D eigenvalue weighted by atomic mass is 10.1. The second-order valence-corrected chi connectivity index (χ2v) is 4.48. The highest BCUT2D eigenvalue weighted by atomic mass is 19.4. The Bertz CT molecular complexity index is 830.